The van der Waals surface area contributed by atoms with Crippen molar-refractivity contribution in [3.05, 3.63) is 65.7 Å². The van der Waals surface area contributed by atoms with Gasteiger partial charge in [-0.25, -0.2) is 0 Å². The second-order valence-corrected chi connectivity index (χ2v) is 6.43. The number of carbonyl (C=O) groups excluding carboxylic acids is 1. The molecule has 2 rings (SSSR count). The van der Waals surface area contributed by atoms with Crippen LogP contribution in [0.25, 0.3) is 6.08 Å². The predicted molar refractivity (Wildman–Crippen MR) is 107 cm³/mol. The third-order valence-corrected chi connectivity index (χ3v) is 4.23. The third-order valence-electron chi connectivity index (χ3n) is 4.23. The summed E-state index contributed by atoms with van der Waals surface area (Å²) in [6, 6.07) is 14.0. The Kier molecular flexibility index (Phi) is 8.47. The number of unbranched alkanes of at least 4 members (excludes halogenated alkanes) is 5. The number of allylic oxidation sites excluding steroid dienone is 1. The fraction of sp³-hybridized carbons (Fsp3) is 0.348. The molecule has 0 amide bonds. The molecule has 0 heterocycles. The first-order valence-electron chi connectivity index (χ1n) is 9.43. The first-order chi connectivity index (χ1) is 12.7. The van der Waals surface area contributed by atoms with Gasteiger partial charge in [0.25, 0.3) is 0 Å². The lowest BCUT2D eigenvalue weighted by atomic mass is 10.1. The quantitative estimate of drug-likeness (QED) is 0.305. The Balaban J connectivity index is 1.75. The average molecular weight is 352 g/mol. The van der Waals surface area contributed by atoms with E-state index in [4.69, 9.17) is 4.74 Å². The lowest BCUT2D eigenvalue weighted by molar-refractivity contribution is 0.104. The highest BCUT2D eigenvalue weighted by atomic mass is 16.5. The van der Waals surface area contributed by atoms with Crippen LogP contribution in [0.4, 0.5) is 0 Å². The Hall–Kier alpha value is -2.55. The highest BCUT2D eigenvalue weighted by Gasteiger charge is 2.02. The summed E-state index contributed by atoms with van der Waals surface area (Å²) in [5.41, 5.74) is 1.50. The zero-order valence-corrected chi connectivity index (χ0v) is 15.5. The molecule has 0 radical (unpaired) electrons. The minimum Gasteiger partial charge on any atom is -0.508 e. The Morgan fingerprint density at radius 1 is 0.923 bits per heavy atom. The van der Waals surface area contributed by atoms with E-state index in [1.54, 1.807) is 48.6 Å². The number of rotatable bonds is 11. The molecule has 2 aromatic carbocycles. The fourth-order valence-electron chi connectivity index (χ4n) is 2.64. The number of hydrogen-bond donors (Lipinski definition) is 1. The number of ketones is 1. The molecule has 0 bridgehead atoms. The third kappa shape index (κ3) is 7.14. The van der Waals surface area contributed by atoms with Crippen LogP contribution >= 0.6 is 0 Å². The van der Waals surface area contributed by atoms with E-state index in [-0.39, 0.29) is 11.5 Å². The van der Waals surface area contributed by atoms with Crippen LogP contribution in [0.15, 0.2) is 54.6 Å². The maximum Gasteiger partial charge on any atom is 0.185 e. The van der Waals surface area contributed by atoms with Gasteiger partial charge in [-0.1, -0.05) is 57.2 Å². The van der Waals surface area contributed by atoms with Crippen LogP contribution in [-0.4, -0.2) is 17.5 Å². The lowest BCUT2D eigenvalue weighted by Gasteiger charge is -2.06. The Morgan fingerprint density at radius 3 is 2.27 bits per heavy atom. The monoisotopic (exact) mass is 352 g/mol. The van der Waals surface area contributed by atoms with Crippen LogP contribution in [0.3, 0.4) is 0 Å². The molecule has 26 heavy (non-hydrogen) atoms. The molecule has 138 valence electrons. The zero-order chi connectivity index (χ0) is 18.6. The van der Waals surface area contributed by atoms with E-state index in [9.17, 15) is 9.90 Å². The van der Waals surface area contributed by atoms with Crippen LogP contribution in [0.5, 0.6) is 11.5 Å². The van der Waals surface area contributed by atoms with Gasteiger partial charge in [-0.15, -0.1) is 0 Å². The first-order valence-corrected chi connectivity index (χ1v) is 9.43. The van der Waals surface area contributed by atoms with Crippen LogP contribution in [0.2, 0.25) is 0 Å². The molecule has 0 aliphatic rings. The van der Waals surface area contributed by atoms with Crippen molar-refractivity contribution in [2.45, 2.75) is 45.4 Å². The van der Waals surface area contributed by atoms with Crippen LogP contribution < -0.4 is 4.74 Å². The summed E-state index contributed by atoms with van der Waals surface area (Å²) in [5, 5.41) is 9.26. The summed E-state index contributed by atoms with van der Waals surface area (Å²) >= 11 is 0. The van der Waals surface area contributed by atoms with Crippen molar-refractivity contribution in [2.75, 3.05) is 6.61 Å². The molecule has 0 aliphatic heterocycles. The van der Waals surface area contributed by atoms with E-state index in [1.165, 1.54) is 32.1 Å². The standard InChI is InChI=1S/C23H28O3/c1-2-3-4-5-6-7-18-26-22-15-11-20(12-16-22)23(25)17-10-19-8-13-21(24)14-9-19/h8-17,24H,2-7,18H2,1H3. The van der Waals surface area contributed by atoms with Crippen molar-refractivity contribution in [3.8, 4) is 11.5 Å². The van der Waals surface area contributed by atoms with Gasteiger partial charge in [0.2, 0.25) is 0 Å². The molecule has 3 nitrogen and oxygen atoms in total. The molecule has 1 N–H and O–H groups in total. The highest BCUT2D eigenvalue weighted by molar-refractivity contribution is 6.06. The van der Waals surface area contributed by atoms with E-state index in [0.717, 1.165) is 24.3 Å². The van der Waals surface area contributed by atoms with Gasteiger partial charge in [-0.3, -0.25) is 4.79 Å². The van der Waals surface area contributed by atoms with Gasteiger partial charge in [0, 0.05) is 5.56 Å². The van der Waals surface area contributed by atoms with E-state index < -0.39 is 0 Å². The summed E-state index contributed by atoms with van der Waals surface area (Å²) in [6.45, 7) is 2.95. The summed E-state index contributed by atoms with van der Waals surface area (Å²) < 4.78 is 5.73. The number of ether oxygens (including phenoxy) is 1. The molecule has 0 aliphatic carbocycles. The van der Waals surface area contributed by atoms with Crippen molar-refractivity contribution in [2.24, 2.45) is 0 Å². The van der Waals surface area contributed by atoms with Gasteiger partial charge < -0.3 is 9.84 Å². The van der Waals surface area contributed by atoms with Crippen molar-refractivity contribution in [1.29, 1.82) is 0 Å². The minimum absolute atomic E-state index is 0.0550. The van der Waals surface area contributed by atoms with Crippen molar-refractivity contribution in [3.63, 3.8) is 0 Å². The normalized spacial score (nSPS) is 11.0. The molecule has 0 fully saturated rings. The Bertz CT molecular complexity index is 684. The second-order valence-electron chi connectivity index (χ2n) is 6.43. The van der Waals surface area contributed by atoms with E-state index in [2.05, 4.69) is 6.92 Å². The Labute approximate surface area is 156 Å². The molecule has 0 atom stereocenters. The van der Waals surface area contributed by atoms with Crippen molar-refractivity contribution >= 4 is 11.9 Å². The summed E-state index contributed by atoms with van der Waals surface area (Å²) in [5.74, 6) is 0.961. The lowest BCUT2D eigenvalue weighted by Crippen LogP contribution is -1.98. The number of carbonyl (C=O) groups is 1. The van der Waals surface area contributed by atoms with Crippen molar-refractivity contribution < 1.29 is 14.6 Å². The smallest absolute Gasteiger partial charge is 0.185 e. The van der Waals surface area contributed by atoms with Gasteiger partial charge in [0.15, 0.2) is 5.78 Å². The van der Waals surface area contributed by atoms with E-state index in [0.29, 0.717) is 5.56 Å². The molecule has 0 saturated carbocycles. The number of benzene rings is 2. The molecule has 0 unspecified atom stereocenters. The van der Waals surface area contributed by atoms with Crippen LogP contribution in [0.1, 0.15) is 61.4 Å². The van der Waals surface area contributed by atoms with Gasteiger partial charge >= 0.3 is 0 Å². The fourth-order valence-corrected chi connectivity index (χ4v) is 2.64. The van der Waals surface area contributed by atoms with E-state index >= 15 is 0 Å². The number of aromatic hydroxyl groups is 1. The van der Waals surface area contributed by atoms with Crippen LogP contribution in [-0.2, 0) is 0 Å². The predicted octanol–water partition coefficient (Wildman–Crippen LogP) is 6.03. The number of phenolic OH excluding ortho intramolecular Hbond substituents is 1. The molecule has 2 aromatic rings. The van der Waals surface area contributed by atoms with Gasteiger partial charge in [-0.05, 0) is 54.5 Å². The topological polar surface area (TPSA) is 46.5 Å². The summed E-state index contributed by atoms with van der Waals surface area (Å²) in [4.78, 5) is 12.2. The molecule has 3 heteroatoms. The van der Waals surface area contributed by atoms with Gasteiger partial charge in [0.05, 0.1) is 6.61 Å². The molecule has 0 spiro atoms. The Morgan fingerprint density at radius 2 is 1.58 bits per heavy atom. The van der Waals surface area contributed by atoms with Gasteiger partial charge in [-0.2, -0.15) is 0 Å². The first kappa shape index (κ1) is 19.8. The minimum atomic E-state index is -0.0550. The largest absolute Gasteiger partial charge is 0.508 e. The number of phenols is 1. The SMILES string of the molecule is CCCCCCCCOc1ccc(C(=O)C=Cc2ccc(O)cc2)cc1. The number of hydrogen-bond acceptors (Lipinski definition) is 3. The second kappa shape index (κ2) is 11.1. The molecule has 0 aromatic heterocycles. The molecule has 0 saturated heterocycles. The average Bonchev–Trinajstić information content (AvgIpc) is 2.67. The maximum atomic E-state index is 12.2. The highest BCUT2D eigenvalue weighted by Crippen LogP contribution is 2.15. The van der Waals surface area contributed by atoms with Crippen molar-refractivity contribution in [1.82, 2.24) is 0 Å². The van der Waals surface area contributed by atoms with E-state index in [1.807, 2.05) is 12.1 Å². The van der Waals surface area contributed by atoms with Gasteiger partial charge in [0.1, 0.15) is 11.5 Å². The molecular formula is C23H28O3. The summed E-state index contributed by atoms with van der Waals surface area (Å²) in [7, 11) is 0. The maximum absolute atomic E-state index is 12.2. The van der Waals surface area contributed by atoms with Crippen LogP contribution in [0, 0.1) is 0 Å². The molecular weight excluding hydrogens is 324 g/mol. The zero-order valence-electron chi connectivity index (χ0n) is 15.5. The summed E-state index contributed by atoms with van der Waals surface area (Å²) in [6.07, 6.45) is 10.7.